The largest absolute Gasteiger partial charge is 0.481 e. The monoisotopic (exact) mass is 246 g/mol. The van der Waals surface area contributed by atoms with E-state index in [1.807, 2.05) is 0 Å². The lowest BCUT2D eigenvalue weighted by molar-refractivity contribution is -0.136. The van der Waals surface area contributed by atoms with Crippen LogP contribution >= 0.6 is 0 Å². The van der Waals surface area contributed by atoms with Gasteiger partial charge < -0.3 is 5.11 Å². The minimum Gasteiger partial charge on any atom is -0.481 e. The number of sulfone groups is 1. The predicted octanol–water partition coefficient (Wildman–Crippen LogP) is 1.06. The molecule has 0 aliphatic rings. The number of alkyl halides is 1. The molecule has 0 bridgehead atoms. The summed E-state index contributed by atoms with van der Waals surface area (Å²) in [7, 11) is -3.72. The van der Waals surface area contributed by atoms with E-state index in [1.165, 1.54) is 18.2 Å². The molecular formula is C10H11FO4S. The minimum atomic E-state index is -3.72. The van der Waals surface area contributed by atoms with Crippen molar-refractivity contribution in [2.45, 2.75) is 11.3 Å². The highest BCUT2D eigenvalue weighted by Crippen LogP contribution is 2.17. The summed E-state index contributed by atoms with van der Waals surface area (Å²) in [6.07, 6.45) is -0.387. The van der Waals surface area contributed by atoms with Crippen LogP contribution in [-0.4, -0.2) is 31.9 Å². The van der Waals surface area contributed by atoms with Crippen LogP contribution < -0.4 is 0 Å². The Morgan fingerprint density at radius 3 is 2.50 bits per heavy atom. The zero-order chi connectivity index (χ0) is 12.2. The van der Waals surface area contributed by atoms with Gasteiger partial charge in [0.25, 0.3) is 0 Å². The molecule has 1 rings (SSSR count). The van der Waals surface area contributed by atoms with Crippen LogP contribution in [0.15, 0.2) is 29.2 Å². The lowest BCUT2D eigenvalue weighted by Gasteiger charge is -2.07. The van der Waals surface area contributed by atoms with Crippen molar-refractivity contribution in [3.8, 4) is 0 Å². The van der Waals surface area contributed by atoms with Gasteiger partial charge in [0.15, 0.2) is 9.84 Å². The summed E-state index contributed by atoms with van der Waals surface area (Å²) in [5.41, 5.74) is 0.184. The van der Waals surface area contributed by atoms with E-state index in [0.29, 0.717) is 0 Å². The molecule has 16 heavy (non-hydrogen) atoms. The number of halogens is 1. The highest BCUT2D eigenvalue weighted by Gasteiger charge is 2.19. The maximum Gasteiger partial charge on any atom is 0.307 e. The summed E-state index contributed by atoms with van der Waals surface area (Å²) in [6.45, 7) is -0.982. The minimum absolute atomic E-state index is 0.102. The van der Waals surface area contributed by atoms with Gasteiger partial charge in [-0.2, -0.15) is 0 Å². The second-order valence-electron chi connectivity index (χ2n) is 3.19. The molecule has 6 heteroatoms. The fourth-order valence-electron chi connectivity index (χ4n) is 1.33. The third-order valence-corrected chi connectivity index (χ3v) is 3.76. The summed E-state index contributed by atoms with van der Waals surface area (Å²) in [5.74, 6) is -1.74. The van der Waals surface area contributed by atoms with Crippen LogP contribution in [0, 0.1) is 0 Å². The van der Waals surface area contributed by atoms with E-state index < -0.39 is 28.2 Å². The molecule has 0 amide bonds. The van der Waals surface area contributed by atoms with E-state index in [1.54, 1.807) is 6.07 Å². The third kappa shape index (κ3) is 3.03. The van der Waals surface area contributed by atoms with E-state index >= 15 is 0 Å². The van der Waals surface area contributed by atoms with E-state index in [9.17, 15) is 17.6 Å². The zero-order valence-electron chi connectivity index (χ0n) is 8.39. The van der Waals surface area contributed by atoms with Gasteiger partial charge in [0.05, 0.1) is 17.1 Å². The first-order valence-electron chi connectivity index (χ1n) is 4.56. The zero-order valence-corrected chi connectivity index (χ0v) is 9.21. The summed E-state index contributed by atoms with van der Waals surface area (Å²) >= 11 is 0. The lowest BCUT2D eigenvalue weighted by Crippen LogP contribution is -2.12. The van der Waals surface area contributed by atoms with Crippen molar-refractivity contribution in [2.75, 3.05) is 12.4 Å². The molecule has 0 atom stereocenters. The van der Waals surface area contributed by atoms with Crippen LogP contribution in [0.3, 0.4) is 0 Å². The molecule has 1 N–H and O–H groups in total. The van der Waals surface area contributed by atoms with Gasteiger partial charge >= 0.3 is 5.97 Å². The third-order valence-electron chi connectivity index (χ3n) is 2.00. The lowest BCUT2D eigenvalue weighted by atomic mass is 10.1. The Bertz CT molecular complexity index is 481. The SMILES string of the molecule is O=C(O)Cc1ccccc1S(=O)(=O)CCF. The van der Waals surface area contributed by atoms with Crippen molar-refractivity contribution in [2.24, 2.45) is 0 Å². The Morgan fingerprint density at radius 2 is 1.94 bits per heavy atom. The first-order chi connectivity index (χ1) is 7.47. The Morgan fingerprint density at radius 1 is 1.31 bits per heavy atom. The van der Waals surface area contributed by atoms with Gasteiger partial charge in [0.1, 0.15) is 6.67 Å². The Labute approximate surface area is 92.6 Å². The van der Waals surface area contributed by atoms with Crippen molar-refractivity contribution < 1.29 is 22.7 Å². The number of carboxylic acid groups (broad SMARTS) is 1. The van der Waals surface area contributed by atoms with E-state index in [-0.39, 0.29) is 16.9 Å². The number of carboxylic acids is 1. The molecule has 0 fully saturated rings. The van der Waals surface area contributed by atoms with E-state index in [0.717, 1.165) is 0 Å². The topological polar surface area (TPSA) is 71.4 Å². The molecule has 0 aliphatic carbocycles. The van der Waals surface area contributed by atoms with Crippen molar-refractivity contribution in [3.05, 3.63) is 29.8 Å². The van der Waals surface area contributed by atoms with Crippen LogP contribution in [0.2, 0.25) is 0 Å². The average molecular weight is 246 g/mol. The molecule has 0 saturated carbocycles. The van der Waals surface area contributed by atoms with E-state index in [2.05, 4.69) is 0 Å². The summed E-state index contributed by atoms with van der Waals surface area (Å²) in [6, 6.07) is 5.74. The average Bonchev–Trinajstić information content (AvgIpc) is 2.17. The highest BCUT2D eigenvalue weighted by atomic mass is 32.2. The molecule has 4 nitrogen and oxygen atoms in total. The molecule has 0 aliphatic heterocycles. The molecule has 88 valence electrons. The van der Waals surface area contributed by atoms with Crippen molar-refractivity contribution in [1.82, 2.24) is 0 Å². The smallest absolute Gasteiger partial charge is 0.307 e. The van der Waals surface area contributed by atoms with Gasteiger partial charge in [0, 0.05) is 0 Å². The van der Waals surface area contributed by atoms with Crippen molar-refractivity contribution >= 4 is 15.8 Å². The van der Waals surface area contributed by atoms with Crippen LogP contribution in [-0.2, 0) is 21.1 Å². The maximum atomic E-state index is 12.1. The standard InChI is InChI=1S/C10H11FO4S/c11-5-6-16(14,15)9-4-2-1-3-8(9)7-10(12)13/h1-4H,5-7H2,(H,12,13). The summed E-state index contributed by atoms with van der Waals surface area (Å²) in [4.78, 5) is 10.4. The normalized spacial score (nSPS) is 11.3. The quantitative estimate of drug-likeness (QED) is 0.843. The van der Waals surface area contributed by atoms with Gasteiger partial charge in [-0.15, -0.1) is 0 Å². The van der Waals surface area contributed by atoms with Gasteiger partial charge in [-0.05, 0) is 11.6 Å². The summed E-state index contributed by atoms with van der Waals surface area (Å²) in [5, 5.41) is 8.62. The predicted molar refractivity (Wildman–Crippen MR) is 55.8 cm³/mol. The molecule has 0 aromatic heterocycles. The van der Waals surface area contributed by atoms with Crippen LogP contribution in [0.25, 0.3) is 0 Å². The fraction of sp³-hybridized carbons (Fsp3) is 0.300. The highest BCUT2D eigenvalue weighted by molar-refractivity contribution is 7.91. The number of benzene rings is 1. The molecular weight excluding hydrogens is 235 g/mol. The molecule has 0 saturated heterocycles. The second-order valence-corrected chi connectivity index (χ2v) is 5.26. The first-order valence-corrected chi connectivity index (χ1v) is 6.21. The molecule has 0 spiro atoms. The Kier molecular flexibility index (Phi) is 4.00. The van der Waals surface area contributed by atoms with Gasteiger partial charge in [-0.1, -0.05) is 18.2 Å². The Hall–Kier alpha value is -1.43. The van der Waals surface area contributed by atoms with Crippen LogP contribution in [0.4, 0.5) is 4.39 Å². The number of carbonyl (C=O) groups is 1. The molecule has 0 unspecified atom stereocenters. The molecule has 1 aromatic rings. The van der Waals surface area contributed by atoms with Gasteiger partial charge in [-0.25, -0.2) is 12.8 Å². The molecule has 1 aromatic carbocycles. The number of hydrogen-bond donors (Lipinski definition) is 1. The number of rotatable bonds is 5. The maximum absolute atomic E-state index is 12.1. The van der Waals surface area contributed by atoms with Crippen molar-refractivity contribution in [3.63, 3.8) is 0 Å². The molecule has 0 heterocycles. The van der Waals surface area contributed by atoms with Crippen LogP contribution in [0.5, 0.6) is 0 Å². The first kappa shape index (κ1) is 12.6. The summed E-state index contributed by atoms with van der Waals surface area (Å²) < 4.78 is 35.3. The van der Waals surface area contributed by atoms with Crippen LogP contribution in [0.1, 0.15) is 5.56 Å². The van der Waals surface area contributed by atoms with Crippen molar-refractivity contribution in [1.29, 1.82) is 0 Å². The number of hydrogen-bond acceptors (Lipinski definition) is 3. The van der Waals surface area contributed by atoms with Gasteiger partial charge in [-0.3, -0.25) is 4.79 Å². The number of aliphatic carboxylic acids is 1. The second kappa shape index (κ2) is 5.07. The van der Waals surface area contributed by atoms with E-state index in [4.69, 9.17) is 5.11 Å². The van der Waals surface area contributed by atoms with Gasteiger partial charge in [0.2, 0.25) is 0 Å². The Balaban J connectivity index is 3.18. The fourth-order valence-corrected chi connectivity index (χ4v) is 2.58. The molecule has 0 radical (unpaired) electrons.